The van der Waals surface area contributed by atoms with Gasteiger partial charge in [-0.05, 0) is 59.3 Å². The fourth-order valence-electron chi connectivity index (χ4n) is 8.55. The Morgan fingerprint density at radius 1 is 0.382 bits per heavy atom. The molecule has 8 aromatic carbocycles. The molecule has 0 saturated heterocycles. The first-order chi connectivity index (χ1) is 27.3. The summed E-state index contributed by atoms with van der Waals surface area (Å²) in [6.07, 6.45) is 0. The van der Waals surface area contributed by atoms with Crippen molar-refractivity contribution >= 4 is 76.3 Å². The van der Waals surface area contributed by atoms with Crippen LogP contribution in [0.3, 0.4) is 0 Å². The molecule has 12 rings (SSSR count). The molecule has 4 heterocycles. The normalized spacial score (nSPS) is 12.0. The number of aromatic nitrogens is 5. The standard InChI is InChI=1S/C49H29N5O/c1-2-14-30(15-3-1)47-50-48(52-49(51-47)54-40-23-11-6-18-33(40)34-19-7-12-24-41(34)54)37-26-27-44-45(36-21-9-13-25-43(36)55-44)46(37)53-39-22-10-8-20-35(39)38-28-31-16-4-5-17-32(31)29-42(38)53/h1-29H. The highest BCUT2D eigenvalue weighted by molar-refractivity contribution is 6.18. The van der Waals surface area contributed by atoms with Crippen LogP contribution in [0.25, 0.3) is 111 Å². The molecule has 0 radical (unpaired) electrons. The fourth-order valence-corrected chi connectivity index (χ4v) is 8.55. The highest BCUT2D eigenvalue weighted by Crippen LogP contribution is 2.44. The van der Waals surface area contributed by atoms with Crippen LogP contribution in [0, 0.1) is 0 Å². The molecule has 0 spiro atoms. The third-order valence-corrected chi connectivity index (χ3v) is 11.0. The lowest BCUT2D eigenvalue weighted by Crippen LogP contribution is -2.08. The summed E-state index contributed by atoms with van der Waals surface area (Å²) in [5.74, 6) is 1.72. The lowest BCUT2D eigenvalue weighted by Gasteiger charge is -2.16. The summed E-state index contributed by atoms with van der Waals surface area (Å²) in [6.45, 7) is 0. The number of hydrogen-bond acceptors (Lipinski definition) is 4. The Kier molecular flexibility index (Phi) is 6.24. The van der Waals surface area contributed by atoms with Crippen LogP contribution in [0.15, 0.2) is 180 Å². The van der Waals surface area contributed by atoms with Crippen LogP contribution >= 0.6 is 0 Å². The van der Waals surface area contributed by atoms with Crippen LogP contribution in [-0.4, -0.2) is 24.1 Å². The molecule has 6 nitrogen and oxygen atoms in total. The van der Waals surface area contributed by atoms with Crippen molar-refractivity contribution in [2.24, 2.45) is 0 Å². The predicted octanol–water partition coefficient (Wildman–Crippen LogP) is 12.5. The summed E-state index contributed by atoms with van der Waals surface area (Å²) < 4.78 is 11.1. The predicted molar refractivity (Wildman–Crippen MR) is 224 cm³/mol. The minimum absolute atomic E-state index is 0.553. The molecule has 55 heavy (non-hydrogen) atoms. The maximum atomic E-state index is 6.58. The van der Waals surface area contributed by atoms with Crippen LogP contribution in [0.5, 0.6) is 0 Å². The van der Waals surface area contributed by atoms with E-state index >= 15 is 0 Å². The van der Waals surface area contributed by atoms with E-state index in [-0.39, 0.29) is 0 Å². The summed E-state index contributed by atoms with van der Waals surface area (Å²) in [7, 11) is 0. The van der Waals surface area contributed by atoms with Gasteiger partial charge >= 0.3 is 0 Å². The van der Waals surface area contributed by atoms with Crippen LogP contribution in [-0.2, 0) is 0 Å². The molecule has 0 amide bonds. The Morgan fingerprint density at radius 3 is 1.67 bits per heavy atom. The van der Waals surface area contributed by atoms with Crippen molar-refractivity contribution in [2.45, 2.75) is 0 Å². The second kappa shape index (κ2) is 11.5. The lowest BCUT2D eigenvalue weighted by molar-refractivity contribution is 0.669. The first-order valence-electron chi connectivity index (χ1n) is 18.5. The number of nitrogens with zero attached hydrogens (tertiary/aromatic N) is 5. The van der Waals surface area contributed by atoms with E-state index < -0.39 is 0 Å². The zero-order chi connectivity index (χ0) is 36.0. The van der Waals surface area contributed by atoms with Gasteiger partial charge in [0.1, 0.15) is 11.2 Å². The Hall–Kier alpha value is -7.57. The van der Waals surface area contributed by atoms with E-state index in [0.717, 1.165) is 71.6 Å². The molecule has 0 aliphatic carbocycles. The van der Waals surface area contributed by atoms with E-state index in [2.05, 4.69) is 155 Å². The third kappa shape index (κ3) is 4.39. The molecule has 6 heteroatoms. The van der Waals surface area contributed by atoms with E-state index in [1.165, 1.54) is 21.5 Å². The van der Waals surface area contributed by atoms with Gasteiger partial charge in [-0.25, -0.2) is 4.98 Å². The molecule has 0 N–H and O–H groups in total. The molecular formula is C49H29N5O. The molecule has 0 aliphatic heterocycles. The zero-order valence-electron chi connectivity index (χ0n) is 29.4. The highest BCUT2D eigenvalue weighted by Gasteiger charge is 2.25. The number of para-hydroxylation sites is 4. The van der Waals surface area contributed by atoms with Gasteiger partial charge in [0, 0.05) is 38.1 Å². The summed E-state index contributed by atoms with van der Waals surface area (Å²) >= 11 is 0. The minimum Gasteiger partial charge on any atom is -0.456 e. The molecule has 0 aliphatic rings. The van der Waals surface area contributed by atoms with Crippen molar-refractivity contribution in [3.63, 3.8) is 0 Å². The summed E-state index contributed by atoms with van der Waals surface area (Å²) in [4.78, 5) is 16.0. The minimum atomic E-state index is 0.553. The van der Waals surface area contributed by atoms with Gasteiger partial charge in [-0.3, -0.25) is 4.57 Å². The van der Waals surface area contributed by atoms with Crippen LogP contribution in [0.4, 0.5) is 0 Å². The van der Waals surface area contributed by atoms with Gasteiger partial charge in [0.15, 0.2) is 11.6 Å². The largest absolute Gasteiger partial charge is 0.456 e. The average molecular weight is 704 g/mol. The lowest BCUT2D eigenvalue weighted by atomic mass is 10.0. The molecule has 0 unspecified atom stereocenters. The first kappa shape index (κ1) is 29.9. The Balaban J connectivity index is 1.25. The Morgan fingerprint density at radius 2 is 0.945 bits per heavy atom. The van der Waals surface area contributed by atoms with Crippen molar-refractivity contribution < 1.29 is 4.42 Å². The van der Waals surface area contributed by atoms with Gasteiger partial charge in [-0.2, -0.15) is 9.97 Å². The van der Waals surface area contributed by atoms with E-state index in [9.17, 15) is 0 Å². The zero-order valence-corrected chi connectivity index (χ0v) is 29.4. The van der Waals surface area contributed by atoms with E-state index in [4.69, 9.17) is 19.4 Å². The second-order valence-corrected chi connectivity index (χ2v) is 14.0. The molecule has 256 valence electrons. The summed E-state index contributed by atoms with van der Waals surface area (Å²) in [5, 5.41) is 9.04. The van der Waals surface area contributed by atoms with Crippen molar-refractivity contribution in [1.29, 1.82) is 0 Å². The van der Waals surface area contributed by atoms with E-state index in [0.29, 0.717) is 17.6 Å². The van der Waals surface area contributed by atoms with Gasteiger partial charge in [0.05, 0.1) is 33.1 Å². The van der Waals surface area contributed by atoms with Crippen LogP contribution in [0.1, 0.15) is 0 Å². The fraction of sp³-hybridized carbons (Fsp3) is 0. The Bertz CT molecular complexity index is 3450. The van der Waals surface area contributed by atoms with Gasteiger partial charge < -0.3 is 8.98 Å². The quantitative estimate of drug-likeness (QED) is 0.183. The number of rotatable bonds is 4. The summed E-state index contributed by atoms with van der Waals surface area (Å²) in [6, 6.07) is 61.4. The topological polar surface area (TPSA) is 61.7 Å². The van der Waals surface area contributed by atoms with Gasteiger partial charge in [0.2, 0.25) is 5.95 Å². The SMILES string of the molecule is c1ccc(-c2nc(-c3ccc4oc5ccccc5c4c3-n3c4ccccc4c4cc5ccccc5cc43)nc(-n3c4ccccc4c4ccccc43)n2)cc1. The highest BCUT2D eigenvalue weighted by atomic mass is 16.3. The number of benzene rings is 8. The van der Waals surface area contributed by atoms with Gasteiger partial charge in [-0.1, -0.05) is 127 Å². The maximum absolute atomic E-state index is 6.58. The van der Waals surface area contributed by atoms with E-state index in [1.54, 1.807) is 0 Å². The summed E-state index contributed by atoms with van der Waals surface area (Å²) in [5.41, 5.74) is 8.62. The smallest absolute Gasteiger partial charge is 0.238 e. The van der Waals surface area contributed by atoms with Crippen molar-refractivity contribution in [1.82, 2.24) is 24.1 Å². The second-order valence-electron chi connectivity index (χ2n) is 14.0. The number of hydrogen-bond donors (Lipinski definition) is 0. The number of fused-ring (bicyclic) bond motifs is 10. The van der Waals surface area contributed by atoms with Crippen molar-refractivity contribution in [2.75, 3.05) is 0 Å². The molecular weight excluding hydrogens is 675 g/mol. The van der Waals surface area contributed by atoms with Gasteiger partial charge in [-0.15, -0.1) is 0 Å². The average Bonchev–Trinajstić information content (AvgIpc) is 3.90. The van der Waals surface area contributed by atoms with E-state index in [1.807, 2.05) is 30.3 Å². The molecule has 0 fully saturated rings. The Labute approximate surface area is 314 Å². The molecule has 4 aromatic heterocycles. The van der Waals surface area contributed by atoms with Crippen LogP contribution in [0.2, 0.25) is 0 Å². The molecule has 12 aromatic rings. The van der Waals surface area contributed by atoms with Crippen LogP contribution < -0.4 is 0 Å². The molecule has 0 atom stereocenters. The number of furan rings is 1. The monoisotopic (exact) mass is 703 g/mol. The molecule has 0 bridgehead atoms. The van der Waals surface area contributed by atoms with Crippen molar-refractivity contribution in [3.8, 4) is 34.4 Å². The molecule has 0 saturated carbocycles. The van der Waals surface area contributed by atoms with Crippen molar-refractivity contribution in [3.05, 3.63) is 176 Å². The maximum Gasteiger partial charge on any atom is 0.238 e. The van der Waals surface area contributed by atoms with Gasteiger partial charge in [0.25, 0.3) is 0 Å². The third-order valence-electron chi connectivity index (χ3n) is 11.0. The first-order valence-corrected chi connectivity index (χ1v) is 18.5.